The lowest BCUT2D eigenvalue weighted by molar-refractivity contribution is -0.112. The Bertz CT molecular complexity index is 112. The van der Waals surface area contributed by atoms with E-state index in [0.29, 0.717) is 0 Å². The van der Waals surface area contributed by atoms with Gasteiger partial charge in [-0.15, -0.1) is 0 Å². The van der Waals surface area contributed by atoms with Crippen molar-refractivity contribution in [2.24, 2.45) is 0 Å². The summed E-state index contributed by atoms with van der Waals surface area (Å²) >= 11 is 0. The van der Waals surface area contributed by atoms with Crippen LogP contribution < -0.4 is 0 Å². The molecular formula is C5H7NO2. The van der Waals surface area contributed by atoms with Crippen molar-refractivity contribution in [2.75, 3.05) is 0 Å². The van der Waals surface area contributed by atoms with Crippen molar-refractivity contribution in [1.82, 2.24) is 0 Å². The smallest absolute Gasteiger partial charge is 0.228 e. The van der Waals surface area contributed by atoms with Crippen molar-refractivity contribution in [2.45, 2.75) is 13.8 Å². The third-order valence-electron chi connectivity index (χ3n) is 0.157. The largest absolute Gasteiger partial charge is 0.304 e. The molecule has 0 rings (SSSR count). The van der Waals surface area contributed by atoms with Crippen molar-refractivity contribution in [3.8, 4) is 6.07 Å². The molecule has 0 spiro atoms. The van der Waals surface area contributed by atoms with Gasteiger partial charge in [-0.3, -0.25) is 4.79 Å². The number of carbonyl (C=O) groups excluding carboxylic acids is 2. The summed E-state index contributed by atoms with van der Waals surface area (Å²) in [5.41, 5.74) is 0. The maximum absolute atomic E-state index is 9.45. The van der Waals surface area contributed by atoms with Gasteiger partial charge in [-0.25, -0.2) is 0 Å². The van der Waals surface area contributed by atoms with Gasteiger partial charge in [0, 0.05) is 6.92 Å². The fourth-order valence-corrected chi connectivity index (χ4v) is 0. The second kappa shape index (κ2) is 9.27. The molecule has 0 aliphatic carbocycles. The van der Waals surface area contributed by atoms with Crippen LogP contribution in [0, 0.1) is 11.3 Å². The van der Waals surface area contributed by atoms with Crippen LogP contribution in [0.2, 0.25) is 0 Å². The Balaban J connectivity index is 0. The Kier molecular flexibility index (Phi) is 11.5. The minimum atomic E-state index is -0.440. The molecule has 0 aliphatic heterocycles. The van der Waals surface area contributed by atoms with Gasteiger partial charge in [0.15, 0.2) is 0 Å². The zero-order valence-corrected chi connectivity index (χ0v) is 4.84. The minimum Gasteiger partial charge on any atom is -0.304 e. The van der Waals surface area contributed by atoms with Crippen molar-refractivity contribution in [1.29, 1.82) is 5.26 Å². The molecule has 3 heteroatoms. The molecule has 0 atom stereocenters. The Hall–Kier alpha value is -1.17. The van der Waals surface area contributed by atoms with Crippen molar-refractivity contribution < 1.29 is 9.59 Å². The second-order valence-electron chi connectivity index (χ2n) is 0.904. The zero-order chi connectivity index (χ0) is 6.99. The van der Waals surface area contributed by atoms with Crippen LogP contribution >= 0.6 is 0 Å². The number of carbonyl (C=O) groups is 2. The number of Topliss-reactive ketones (excluding diaryl/α,β-unsaturated/α-hetero) is 1. The zero-order valence-electron chi connectivity index (χ0n) is 4.84. The number of ketones is 1. The van der Waals surface area contributed by atoms with Crippen LogP contribution in [0.5, 0.6) is 0 Å². The molecule has 0 aromatic heterocycles. The number of rotatable bonds is 0. The van der Waals surface area contributed by atoms with Crippen LogP contribution in [0.3, 0.4) is 0 Å². The summed E-state index contributed by atoms with van der Waals surface area (Å²) in [5.74, 6) is -0.440. The highest BCUT2D eigenvalue weighted by Crippen LogP contribution is 1.52. The summed E-state index contributed by atoms with van der Waals surface area (Å²) < 4.78 is 0. The van der Waals surface area contributed by atoms with Crippen LogP contribution in [0.1, 0.15) is 13.8 Å². The van der Waals surface area contributed by atoms with Crippen LogP contribution in [-0.4, -0.2) is 12.1 Å². The summed E-state index contributed by atoms with van der Waals surface area (Å²) in [5, 5.41) is 7.54. The third-order valence-corrected chi connectivity index (χ3v) is 0.157. The van der Waals surface area contributed by atoms with E-state index in [4.69, 9.17) is 10.1 Å². The summed E-state index contributed by atoms with van der Waals surface area (Å²) in [6.45, 7) is 2.67. The Labute approximate surface area is 47.9 Å². The lowest BCUT2D eigenvalue weighted by Gasteiger charge is -1.53. The summed E-state index contributed by atoms with van der Waals surface area (Å²) in [4.78, 5) is 18.3. The van der Waals surface area contributed by atoms with E-state index in [2.05, 4.69) is 0 Å². The van der Waals surface area contributed by atoms with Gasteiger partial charge in [-0.1, -0.05) is 0 Å². The van der Waals surface area contributed by atoms with E-state index in [-0.39, 0.29) is 0 Å². The standard InChI is InChI=1S/C3H3NO.C2H4O/c1-3(5)2-4;1-2-3/h1H3;2H,1H3. The summed E-state index contributed by atoms with van der Waals surface area (Å²) in [6.07, 6.45) is 0.750. The number of nitriles is 1. The normalized spacial score (nSPS) is 5.12. The average Bonchev–Trinajstić information content (AvgIpc) is 1.69. The van der Waals surface area contributed by atoms with Crippen molar-refractivity contribution in [3.63, 3.8) is 0 Å². The molecule has 3 nitrogen and oxygen atoms in total. The monoisotopic (exact) mass is 113 g/mol. The molecule has 0 radical (unpaired) electrons. The topological polar surface area (TPSA) is 57.9 Å². The fourth-order valence-electron chi connectivity index (χ4n) is 0. The highest BCUT2D eigenvalue weighted by atomic mass is 16.1. The van der Waals surface area contributed by atoms with Gasteiger partial charge in [0.2, 0.25) is 5.78 Å². The molecule has 0 bridgehead atoms. The molecule has 0 N–H and O–H groups in total. The molecular weight excluding hydrogens is 106 g/mol. The van der Waals surface area contributed by atoms with Gasteiger partial charge in [0.25, 0.3) is 0 Å². The van der Waals surface area contributed by atoms with E-state index in [0.717, 1.165) is 6.29 Å². The molecule has 44 valence electrons. The molecule has 8 heavy (non-hydrogen) atoms. The highest BCUT2D eigenvalue weighted by Gasteiger charge is 1.75. The lowest BCUT2D eigenvalue weighted by Crippen LogP contribution is -1.75. The first-order chi connectivity index (χ1) is 3.68. The minimum absolute atomic E-state index is 0.440. The average molecular weight is 113 g/mol. The predicted molar refractivity (Wildman–Crippen MR) is 28.0 cm³/mol. The van der Waals surface area contributed by atoms with Gasteiger partial charge in [0.1, 0.15) is 12.4 Å². The van der Waals surface area contributed by atoms with Gasteiger partial charge in [-0.2, -0.15) is 5.26 Å². The van der Waals surface area contributed by atoms with Crippen LogP contribution in [0.15, 0.2) is 0 Å². The Morgan fingerprint density at radius 3 is 1.88 bits per heavy atom. The predicted octanol–water partition coefficient (Wildman–Crippen LogP) is 0.304. The Morgan fingerprint density at radius 1 is 1.75 bits per heavy atom. The lowest BCUT2D eigenvalue weighted by atomic mass is 10.5. The highest BCUT2D eigenvalue weighted by molar-refractivity contribution is 5.90. The first-order valence-electron chi connectivity index (χ1n) is 1.99. The maximum atomic E-state index is 9.45. The first-order valence-corrected chi connectivity index (χ1v) is 1.99. The van der Waals surface area contributed by atoms with Crippen LogP contribution in [-0.2, 0) is 9.59 Å². The van der Waals surface area contributed by atoms with Crippen LogP contribution in [0.25, 0.3) is 0 Å². The molecule has 0 amide bonds. The number of nitrogens with zero attached hydrogens (tertiary/aromatic N) is 1. The van der Waals surface area contributed by atoms with Crippen molar-refractivity contribution >= 4 is 12.1 Å². The Morgan fingerprint density at radius 2 is 1.88 bits per heavy atom. The third kappa shape index (κ3) is 103. The molecule has 0 heterocycles. The summed E-state index contributed by atoms with van der Waals surface area (Å²) in [6, 6.07) is 1.39. The van der Waals surface area contributed by atoms with E-state index in [9.17, 15) is 4.79 Å². The molecule has 0 aromatic carbocycles. The van der Waals surface area contributed by atoms with E-state index < -0.39 is 5.78 Å². The molecule has 0 aromatic rings. The molecule has 0 saturated carbocycles. The fraction of sp³-hybridized carbons (Fsp3) is 0.400. The molecule has 0 saturated heterocycles. The first kappa shape index (κ1) is 9.95. The maximum Gasteiger partial charge on any atom is 0.228 e. The molecule has 0 unspecified atom stereocenters. The molecule has 0 fully saturated rings. The van der Waals surface area contributed by atoms with E-state index >= 15 is 0 Å². The number of hydrogen-bond acceptors (Lipinski definition) is 3. The van der Waals surface area contributed by atoms with Crippen molar-refractivity contribution in [3.05, 3.63) is 0 Å². The second-order valence-corrected chi connectivity index (χ2v) is 0.904. The quantitative estimate of drug-likeness (QED) is 0.335. The van der Waals surface area contributed by atoms with E-state index in [1.165, 1.54) is 19.9 Å². The van der Waals surface area contributed by atoms with Gasteiger partial charge < -0.3 is 4.79 Å². The van der Waals surface area contributed by atoms with Gasteiger partial charge in [-0.05, 0) is 6.92 Å². The van der Waals surface area contributed by atoms with Gasteiger partial charge in [0.05, 0.1) is 0 Å². The SMILES string of the molecule is CC(=O)C#N.CC=O. The van der Waals surface area contributed by atoms with Crippen LogP contribution in [0.4, 0.5) is 0 Å². The molecule has 0 aliphatic rings. The van der Waals surface area contributed by atoms with E-state index in [1.54, 1.807) is 0 Å². The summed E-state index contributed by atoms with van der Waals surface area (Å²) in [7, 11) is 0. The number of hydrogen-bond donors (Lipinski definition) is 0. The van der Waals surface area contributed by atoms with E-state index in [1.807, 2.05) is 0 Å². The van der Waals surface area contributed by atoms with Gasteiger partial charge >= 0.3 is 0 Å². The number of aldehydes is 1.